The standard InChI is InChI=1S/C21H18N4O5/c1-14(23-24-20(26)13-15-4-10-18(11-5-15)25(28)29)16-6-8-17(9-7-16)22-21(27)19-3-2-12-30-19/h2-12H,13H2,1H3,(H,22,27)(H,24,26). The van der Waals surface area contributed by atoms with E-state index in [9.17, 15) is 19.7 Å². The van der Waals surface area contributed by atoms with Crippen molar-refractivity contribution in [1.29, 1.82) is 0 Å². The summed E-state index contributed by atoms with van der Waals surface area (Å²) >= 11 is 0. The lowest BCUT2D eigenvalue weighted by atomic mass is 10.1. The number of hydrogen-bond acceptors (Lipinski definition) is 6. The van der Waals surface area contributed by atoms with Crippen LogP contribution in [0.3, 0.4) is 0 Å². The van der Waals surface area contributed by atoms with Crippen LogP contribution in [-0.2, 0) is 11.2 Å². The Balaban J connectivity index is 1.55. The molecule has 3 aromatic rings. The first-order valence-corrected chi connectivity index (χ1v) is 8.94. The Bertz CT molecular complexity index is 1070. The van der Waals surface area contributed by atoms with E-state index in [0.717, 1.165) is 5.56 Å². The summed E-state index contributed by atoms with van der Waals surface area (Å²) in [6, 6.07) is 15.9. The summed E-state index contributed by atoms with van der Waals surface area (Å²) in [6.07, 6.45) is 1.47. The maximum Gasteiger partial charge on any atom is 0.291 e. The van der Waals surface area contributed by atoms with Gasteiger partial charge in [0.2, 0.25) is 5.91 Å². The second kappa shape index (κ2) is 9.28. The molecule has 2 amide bonds. The fourth-order valence-corrected chi connectivity index (χ4v) is 2.57. The van der Waals surface area contributed by atoms with Gasteiger partial charge in [0.1, 0.15) is 0 Å². The number of carbonyl (C=O) groups is 2. The number of nitro groups is 1. The van der Waals surface area contributed by atoms with Crippen molar-refractivity contribution in [2.45, 2.75) is 13.3 Å². The molecule has 0 aliphatic carbocycles. The highest BCUT2D eigenvalue weighted by Crippen LogP contribution is 2.13. The molecular formula is C21H18N4O5. The fourth-order valence-electron chi connectivity index (χ4n) is 2.57. The van der Waals surface area contributed by atoms with Crippen LogP contribution in [-0.4, -0.2) is 22.4 Å². The van der Waals surface area contributed by atoms with E-state index in [1.807, 2.05) is 0 Å². The zero-order valence-corrected chi connectivity index (χ0v) is 16.0. The number of hydrazone groups is 1. The lowest BCUT2D eigenvalue weighted by Crippen LogP contribution is -2.21. The number of hydrogen-bond donors (Lipinski definition) is 2. The van der Waals surface area contributed by atoms with Crippen molar-refractivity contribution >= 4 is 28.9 Å². The molecule has 1 heterocycles. The van der Waals surface area contributed by atoms with Crippen LogP contribution < -0.4 is 10.7 Å². The molecule has 0 fully saturated rings. The van der Waals surface area contributed by atoms with Crippen molar-refractivity contribution in [3.63, 3.8) is 0 Å². The molecule has 152 valence electrons. The Morgan fingerprint density at radius 3 is 2.37 bits per heavy atom. The van der Waals surface area contributed by atoms with Gasteiger partial charge in [0.25, 0.3) is 11.6 Å². The maximum atomic E-state index is 12.0. The van der Waals surface area contributed by atoms with E-state index in [-0.39, 0.29) is 29.7 Å². The molecule has 9 heteroatoms. The molecule has 1 aromatic heterocycles. The van der Waals surface area contributed by atoms with Crippen LogP contribution in [0, 0.1) is 10.1 Å². The van der Waals surface area contributed by atoms with E-state index in [1.165, 1.54) is 30.5 Å². The molecule has 2 N–H and O–H groups in total. The molecule has 2 aromatic carbocycles. The predicted molar refractivity (Wildman–Crippen MR) is 110 cm³/mol. The van der Waals surface area contributed by atoms with Gasteiger partial charge >= 0.3 is 0 Å². The number of furan rings is 1. The van der Waals surface area contributed by atoms with Crippen LogP contribution in [0.5, 0.6) is 0 Å². The summed E-state index contributed by atoms with van der Waals surface area (Å²) in [4.78, 5) is 34.2. The Morgan fingerprint density at radius 2 is 1.77 bits per heavy atom. The number of nitrogens with one attached hydrogen (secondary N) is 2. The fraction of sp³-hybridized carbons (Fsp3) is 0.0952. The first kappa shape index (κ1) is 20.5. The number of benzene rings is 2. The minimum atomic E-state index is -0.495. The topological polar surface area (TPSA) is 127 Å². The molecule has 30 heavy (non-hydrogen) atoms. The van der Waals surface area contributed by atoms with Gasteiger partial charge in [-0.2, -0.15) is 5.10 Å². The van der Waals surface area contributed by atoms with E-state index < -0.39 is 4.92 Å². The van der Waals surface area contributed by atoms with Crippen LogP contribution in [0.25, 0.3) is 0 Å². The van der Waals surface area contributed by atoms with E-state index in [2.05, 4.69) is 15.8 Å². The molecule has 0 aliphatic heterocycles. The molecule has 0 spiro atoms. The van der Waals surface area contributed by atoms with Gasteiger partial charge in [-0.05, 0) is 42.3 Å². The van der Waals surface area contributed by atoms with E-state index in [4.69, 9.17) is 4.42 Å². The number of non-ortho nitro benzene ring substituents is 1. The molecule has 0 bridgehead atoms. The van der Waals surface area contributed by atoms with Crippen LogP contribution in [0.15, 0.2) is 76.4 Å². The highest BCUT2D eigenvalue weighted by molar-refractivity contribution is 6.03. The van der Waals surface area contributed by atoms with E-state index >= 15 is 0 Å². The number of carbonyl (C=O) groups excluding carboxylic acids is 2. The van der Waals surface area contributed by atoms with Crippen LogP contribution >= 0.6 is 0 Å². The third-order valence-electron chi connectivity index (χ3n) is 4.17. The van der Waals surface area contributed by atoms with Gasteiger partial charge in [-0.25, -0.2) is 5.43 Å². The third-order valence-corrected chi connectivity index (χ3v) is 4.17. The van der Waals surface area contributed by atoms with E-state index in [0.29, 0.717) is 17.0 Å². The highest BCUT2D eigenvalue weighted by atomic mass is 16.6. The average Bonchev–Trinajstić information content (AvgIpc) is 3.28. The minimum Gasteiger partial charge on any atom is -0.459 e. The van der Waals surface area contributed by atoms with Crippen molar-refractivity contribution in [1.82, 2.24) is 5.43 Å². The predicted octanol–water partition coefficient (Wildman–Crippen LogP) is 3.52. The Labute approximate surface area is 171 Å². The monoisotopic (exact) mass is 406 g/mol. The first-order valence-electron chi connectivity index (χ1n) is 8.94. The third kappa shape index (κ3) is 5.38. The lowest BCUT2D eigenvalue weighted by Gasteiger charge is -2.06. The van der Waals surface area contributed by atoms with Gasteiger partial charge in [-0.15, -0.1) is 0 Å². The second-order valence-electron chi connectivity index (χ2n) is 6.34. The van der Waals surface area contributed by atoms with Crippen molar-refractivity contribution in [2.24, 2.45) is 5.10 Å². The summed E-state index contributed by atoms with van der Waals surface area (Å²) in [7, 11) is 0. The maximum absolute atomic E-state index is 12.0. The van der Waals surface area contributed by atoms with Crippen molar-refractivity contribution in [3.05, 3.63) is 93.9 Å². The van der Waals surface area contributed by atoms with Crippen LogP contribution in [0.1, 0.15) is 28.6 Å². The molecule has 0 radical (unpaired) electrons. The van der Waals surface area contributed by atoms with Crippen molar-refractivity contribution in [3.8, 4) is 0 Å². The molecule has 0 saturated carbocycles. The van der Waals surface area contributed by atoms with Gasteiger partial charge in [-0.3, -0.25) is 19.7 Å². The normalized spacial score (nSPS) is 11.0. The quantitative estimate of drug-likeness (QED) is 0.353. The summed E-state index contributed by atoms with van der Waals surface area (Å²) in [6.45, 7) is 1.74. The first-order chi connectivity index (χ1) is 14.4. The van der Waals surface area contributed by atoms with Gasteiger partial charge in [0, 0.05) is 17.8 Å². The van der Waals surface area contributed by atoms with Crippen molar-refractivity contribution < 1.29 is 18.9 Å². The van der Waals surface area contributed by atoms with Crippen molar-refractivity contribution in [2.75, 3.05) is 5.32 Å². The SMILES string of the molecule is CC(=NNC(=O)Cc1ccc([N+](=O)[O-])cc1)c1ccc(NC(=O)c2ccco2)cc1. The molecule has 0 unspecified atom stereocenters. The van der Waals surface area contributed by atoms with Gasteiger partial charge in [-0.1, -0.05) is 24.3 Å². The molecule has 0 atom stereocenters. The number of amides is 2. The molecule has 9 nitrogen and oxygen atoms in total. The Morgan fingerprint density at radius 1 is 1.07 bits per heavy atom. The summed E-state index contributed by atoms with van der Waals surface area (Å²) in [5, 5.41) is 17.4. The number of rotatable bonds is 7. The largest absolute Gasteiger partial charge is 0.459 e. The number of nitrogens with zero attached hydrogens (tertiary/aromatic N) is 2. The van der Waals surface area contributed by atoms with Crippen LogP contribution in [0.4, 0.5) is 11.4 Å². The summed E-state index contributed by atoms with van der Waals surface area (Å²) in [5.74, 6) is -0.477. The van der Waals surface area contributed by atoms with Crippen LogP contribution in [0.2, 0.25) is 0 Å². The summed E-state index contributed by atoms with van der Waals surface area (Å²) in [5.41, 5.74) is 5.01. The second-order valence-corrected chi connectivity index (χ2v) is 6.34. The van der Waals surface area contributed by atoms with Gasteiger partial charge in [0.15, 0.2) is 5.76 Å². The number of nitro benzene ring substituents is 1. The number of anilines is 1. The Hall–Kier alpha value is -4.27. The summed E-state index contributed by atoms with van der Waals surface area (Å²) < 4.78 is 5.04. The van der Waals surface area contributed by atoms with Gasteiger partial charge < -0.3 is 9.73 Å². The zero-order chi connectivity index (χ0) is 21.5. The lowest BCUT2D eigenvalue weighted by molar-refractivity contribution is -0.384. The molecule has 0 aliphatic rings. The average molecular weight is 406 g/mol. The Kier molecular flexibility index (Phi) is 6.33. The zero-order valence-electron chi connectivity index (χ0n) is 16.0. The molecular weight excluding hydrogens is 388 g/mol. The van der Waals surface area contributed by atoms with E-state index in [1.54, 1.807) is 43.3 Å². The smallest absolute Gasteiger partial charge is 0.291 e. The molecule has 3 rings (SSSR count). The molecule has 0 saturated heterocycles. The van der Waals surface area contributed by atoms with Gasteiger partial charge in [0.05, 0.1) is 23.3 Å². The highest BCUT2D eigenvalue weighted by Gasteiger charge is 2.09. The minimum absolute atomic E-state index is 0.0307.